The molecule has 1 atom stereocenters. The fourth-order valence-electron chi connectivity index (χ4n) is 2.24. The number of hydrogen-bond donors (Lipinski definition) is 1. The number of carbonyl (C=O) groups excluding carboxylic acids is 1. The van der Waals surface area contributed by atoms with Gasteiger partial charge in [0, 0.05) is 25.4 Å². The van der Waals surface area contributed by atoms with Gasteiger partial charge < -0.3 is 4.90 Å². The molecule has 2 rings (SSSR count). The van der Waals surface area contributed by atoms with E-state index in [1.54, 1.807) is 0 Å². The Hall–Kier alpha value is -1.03. The maximum Gasteiger partial charge on any atom is 0.227 e. The highest BCUT2D eigenvalue weighted by molar-refractivity contribution is 7.80. The molecule has 0 spiro atoms. The largest absolute Gasteiger partial charge is 0.311 e. The molecule has 1 amide bonds. The van der Waals surface area contributed by atoms with Crippen molar-refractivity contribution in [3.8, 4) is 0 Å². The summed E-state index contributed by atoms with van der Waals surface area (Å²) < 4.78 is 0. The van der Waals surface area contributed by atoms with E-state index in [1.807, 2.05) is 31.1 Å². The molecule has 1 aliphatic heterocycles. The summed E-state index contributed by atoms with van der Waals surface area (Å²) >= 11 is 4.27. The van der Waals surface area contributed by atoms with Crippen molar-refractivity contribution >= 4 is 24.2 Å². The van der Waals surface area contributed by atoms with Gasteiger partial charge in [0.1, 0.15) is 0 Å². The summed E-state index contributed by atoms with van der Waals surface area (Å²) in [5, 5.41) is 0. The molecular formula is C12H16N2OS. The van der Waals surface area contributed by atoms with Crippen molar-refractivity contribution in [2.75, 3.05) is 17.2 Å². The lowest BCUT2D eigenvalue weighted by atomic mass is 10.1. The van der Waals surface area contributed by atoms with Gasteiger partial charge in [0.25, 0.3) is 0 Å². The van der Waals surface area contributed by atoms with Crippen molar-refractivity contribution in [3.05, 3.63) is 23.5 Å². The summed E-state index contributed by atoms with van der Waals surface area (Å²) in [5.74, 6) is 1.35. The predicted molar refractivity (Wildman–Crippen MR) is 68.0 cm³/mol. The molecular weight excluding hydrogens is 220 g/mol. The highest BCUT2D eigenvalue weighted by Crippen LogP contribution is 2.30. The number of rotatable bonds is 2. The van der Waals surface area contributed by atoms with E-state index in [0.717, 1.165) is 29.1 Å². The van der Waals surface area contributed by atoms with Crippen LogP contribution in [0.25, 0.3) is 0 Å². The van der Waals surface area contributed by atoms with Crippen LogP contribution in [0.5, 0.6) is 0 Å². The number of anilines is 1. The van der Waals surface area contributed by atoms with Crippen LogP contribution in [-0.4, -0.2) is 23.2 Å². The van der Waals surface area contributed by atoms with Crippen molar-refractivity contribution in [3.63, 3.8) is 0 Å². The fourth-order valence-corrected chi connectivity index (χ4v) is 2.48. The van der Waals surface area contributed by atoms with Gasteiger partial charge in [-0.15, -0.1) is 0 Å². The molecule has 0 aliphatic carbocycles. The predicted octanol–water partition coefficient (Wildman–Crippen LogP) is 1.98. The second-order valence-electron chi connectivity index (χ2n) is 4.38. The Bertz CT molecular complexity index is 399. The molecule has 0 bridgehead atoms. The molecule has 1 unspecified atom stereocenters. The average molecular weight is 236 g/mol. The molecule has 1 aromatic rings. The minimum Gasteiger partial charge on any atom is -0.311 e. The lowest BCUT2D eigenvalue weighted by molar-refractivity contribution is -0.117. The Morgan fingerprint density at radius 1 is 1.44 bits per heavy atom. The molecule has 86 valence electrons. The van der Waals surface area contributed by atoms with E-state index in [0.29, 0.717) is 12.3 Å². The molecule has 0 aromatic carbocycles. The third-order valence-corrected chi connectivity index (χ3v) is 3.53. The van der Waals surface area contributed by atoms with Gasteiger partial charge >= 0.3 is 0 Å². The van der Waals surface area contributed by atoms with Crippen LogP contribution in [0.2, 0.25) is 0 Å². The number of aryl methyl sites for hydroxylation is 2. The third-order valence-electron chi connectivity index (χ3n) is 3.02. The molecule has 1 aliphatic rings. The first-order chi connectivity index (χ1) is 7.63. The van der Waals surface area contributed by atoms with Crippen molar-refractivity contribution in [2.24, 2.45) is 5.92 Å². The molecule has 16 heavy (non-hydrogen) atoms. The zero-order valence-corrected chi connectivity index (χ0v) is 10.5. The molecule has 1 aromatic heterocycles. The van der Waals surface area contributed by atoms with Crippen molar-refractivity contribution in [1.29, 1.82) is 0 Å². The summed E-state index contributed by atoms with van der Waals surface area (Å²) in [4.78, 5) is 17.9. The molecule has 0 radical (unpaired) electrons. The van der Waals surface area contributed by atoms with Gasteiger partial charge in [-0.1, -0.05) is 0 Å². The number of hydrogen-bond acceptors (Lipinski definition) is 3. The van der Waals surface area contributed by atoms with Gasteiger partial charge in [0.05, 0.1) is 5.69 Å². The normalized spacial score (nSPS) is 20.6. The van der Waals surface area contributed by atoms with Gasteiger partial charge in [-0.3, -0.25) is 9.78 Å². The van der Waals surface area contributed by atoms with E-state index in [2.05, 4.69) is 17.6 Å². The number of pyridine rings is 1. The molecule has 0 N–H and O–H groups in total. The zero-order valence-electron chi connectivity index (χ0n) is 9.60. The Morgan fingerprint density at radius 2 is 2.06 bits per heavy atom. The Kier molecular flexibility index (Phi) is 3.19. The first-order valence-corrected chi connectivity index (χ1v) is 6.09. The van der Waals surface area contributed by atoms with Crippen molar-refractivity contribution < 1.29 is 4.79 Å². The first-order valence-electron chi connectivity index (χ1n) is 5.46. The summed E-state index contributed by atoms with van der Waals surface area (Å²) in [6, 6.07) is 0. The van der Waals surface area contributed by atoms with E-state index < -0.39 is 0 Å². The second kappa shape index (κ2) is 4.45. The smallest absolute Gasteiger partial charge is 0.227 e. The summed E-state index contributed by atoms with van der Waals surface area (Å²) in [7, 11) is 0. The number of aromatic nitrogens is 1. The van der Waals surface area contributed by atoms with Crippen LogP contribution < -0.4 is 4.90 Å². The minimum atomic E-state index is 0.205. The maximum atomic E-state index is 11.9. The molecule has 4 heteroatoms. The van der Waals surface area contributed by atoms with Crippen LogP contribution in [-0.2, 0) is 4.79 Å². The van der Waals surface area contributed by atoms with E-state index in [-0.39, 0.29) is 5.91 Å². The molecule has 2 heterocycles. The van der Waals surface area contributed by atoms with Gasteiger partial charge in [-0.05, 0) is 36.6 Å². The standard InChI is InChI=1S/C12H16N2OS/c1-8-4-13-5-9(2)12(8)14-6-10(7-16)3-11(14)15/h4-5,10,16H,3,6-7H2,1-2H3. The zero-order chi connectivity index (χ0) is 11.7. The van der Waals surface area contributed by atoms with Gasteiger partial charge in [-0.2, -0.15) is 12.6 Å². The van der Waals surface area contributed by atoms with E-state index >= 15 is 0 Å². The summed E-state index contributed by atoms with van der Waals surface area (Å²) in [5.41, 5.74) is 3.16. The van der Waals surface area contributed by atoms with Crippen LogP contribution in [0.15, 0.2) is 12.4 Å². The highest BCUT2D eigenvalue weighted by atomic mass is 32.1. The van der Waals surface area contributed by atoms with Crippen LogP contribution in [0.1, 0.15) is 17.5 Å². The monoisotopic (exact) mass is 236 g/mol. The number of nitrogens with zero attached hydrogens (tertiary/aromatic N) is 2. The molecule has 3 nitrogen and oxygen atoms in total. The van der Waals surface area contributed by atoms with Crippen LogP contribution in [0, 0.1) is 19.8 Å². The quantitative estimate of drug-likeness (QED) is 0.797. The SMILES string of the molecule is Cc1cncc(C)c1N1CC(CS)CC1=O. The van der Waals surface area contributed by atoms with Crippen molar-refractivity contribution in [2.45, 2.75) is 20.3 Å². The minimum absolute atomic E-state index is 0.205. The van der Waals surface area contributed by atoms with Crippen molar-refractivity contribution in [1.82, 2.24) is 4.98 Å². The van der Waals surface area contributed by atoms with Crippen LogP contribution in [0.4, 0.5) is 5.69 Å². The Labute approximate surface area is 101 Å². The molecule has 1 fully saturated rings. The summed E-state index contributed by atoms with van der Waals surface area (Å²) in [6.07, 6.45) is 4.23. The first kappa shape index (κ1) is 11.5. The maximum absolute atomic E-state index is 11.9. The van der Waals surface area contributed by atoms with Gasteiger partial charge in [0.2, 0.25) is 5.91 Å². The number of carbonyl (C=O) groups is 1. The number of amides is 1. The third kappa shape index (κ3) is 1.94. The van der Waals surface area contributed by atoms with E-state index in [4.69, 9.17) is 0 Å². The average Bonchev–Trinajstić information content (AvgIpc) is 2.60. The topological polar surface area (TPSA) is 33.2 Å². The Balaban J connectivity index is 2.35. The Morgan fingerprint density at radius 3 is 2.56 bits per heavy atom. The van der Waals surface area contributed by atoms with Crippen LogP contribution in [0.3, 0.4) is 0 Å². The van der Waals surface area contributed by atoms with Gasteiger partial charge in [-0.25, -0.2) is 0 Å². The number of thiol groups is 1. The lowest BCUT2D eigenvalue weighted by Crippen LogP contribution is -2.26. The molecule has 0 saturated carbocycles. The van der Waals surface area contributed by atoms with E-state index in [1.165, 1.54) is 0 Å². The van der Waals surface area contributed by atoms with E-state index in [9.17, 15) is 4.79 Å². The second-order valence-corrected chi connectivity index (χ2v) is 4.74. The highest BCUT2D eigenvalue weighted by Gasteiger charge is 2.31. The lowest BCUT2D eigenvalue weighted by Gasteiger charge is -2.20. The summed E-state index contributed by atoms with van der Waals surface area (Å²) in [6.45, 7) is 4.78. The molecule has 1 saturated heterocycles. The fraction of sp³-hybridized carbons (Fsp3) is 0.500. The van der Waals surface area contributed by atoms with Crippen LogP contribution >= 0.6 is 12.6 Å². The van der Waals surface area contributed by atoms with Gasteiger partial charge in [0.15, 0.2) is 0 Å².